The van der Waals surface area contributed by atoms with Crippen molar-refractivity contribution in [2.75, 3.05) is 0 Å². The maximum atomic E-state index is 12.6. The van der Waals surface area contributed by atoms with Gasteiger partial charge in [-0.15, -0.1) is 0 Å². The van der Waals surface area contributed by atoms with E-state index < -0.39 is 0 Å². The topological polar surface area (TPSA) is 34.9 Å². The van der Waals surface area contributed by atoms with Crippen LogP contribution in [0.4, 0.5) is 0 Å². The molecule has 1 unspecified atom stereocenters. The van der Waals surface area contributed by atoms with Gasteiger partial charge in [-0.1, -0.05) is 51.1 Å². The van der Waals surface area contributed by atoms with Crippen LogP contribution in [0.2, 0.25) is 0 Å². The second-order valence-electron chi connectivity index (χ2n) is 5.00. The molecule has 0 spiro atoms. The molecule has 1 heterocycles. The van der Waals surface area contributed by atoms with E-state index in [0.717, 1.165) is 17.8 Å². The zero-order chi connectivity index (χ0) is 13.8. The van der Waals surface area contributed by atoms with E-state index in [-0.39, 0.29) is 11.8 Å². The van der Waals surface area contributed by atoms with Crippen LogP contribution in [0.1, 0.15) is 55.3 Å². The Morgan fingerprint density at radius 1 is 1.26 bits per heavy atom. The Bertz CT molecular complexity index is 543. The van der Waals surface area contributed by atoms with Crippen LogP contribution in [0.5, 0.6) is 0 Å². The van der Waals surface area contributed by atoms with Crippen LogP contribution in [0.3, 0.4) is 0 Å². The van der Waals surface area contributed by atoms with Crippen LogP contribution < -0.4 is 0 Å². The first-order valence-electron chi connectivity index (χ1n) is 6.77. The van der Waals surface area contributed by atoms with Gasteiger partial charge >= 0.3 is 0 Å². The lowest BCUT2D eigenvalue weighted by Gasteiger charge is -2.19. The molecule has 0 saturated heterocycles. The van der Waals surface area contributed by atoms with E-state index in [0.29, 0.717) is 5.92 Å². The van der Waals surface area contributed by atoms with Crippen molar-refractivity contribution in [3.05, 3.63) is 54.1 Å². The molecule has 0 fully saturated rings. The third-order valence-electron chi connectivity index (χ3n) is 3.30. The molecule has 0 amide bonds. The van der Waals surface area contributed by atoms with Gasteiger partial charge in [-0.3, -0.25) is 4.79 Å². The number of Topliss-reactive ketones (excluding diaryl/α,β-unsaturated/α-hetero) is 1. The fraction of sp³-hybridized carbons (Fsp3) is 0.375. The minimum atomic E-state index is -0.165. The number of ketones is 1. The quantitative estimate of drug-likeness (QED) is 0.762. The molecule has 0 bridgehead atoms. The largest absolute Gasteiger partial charge is 0.324 e. The summed E-state index contributed by atoms with van der Waals surface area (Å²) in [6.07, 6.45) is 4.45. The van der Waals surface area contributed by atoms with E-state index in [9.17, 15) is 4.79 Å². The van der Waals surface area contributed by atoms with Crippen molar-refractivity contribution >= 4 is 5.78 Å². The summed E-state index contributed by atoms with van der Waals surface area (Å²) < 4.78 is 2.01. The van der Waals surface area contributed by atoms with Crippen molar-refractivity contribution in [1.82, 2.24) is 9.55 Å². The van der Waals surface area contributed by atoms with Crippen LogP contribution in [-0.2, 0) is 0 Å². The molecule has 100 valence electrons. The number of carbonyl (C=O) groups excluding carboxylic acids is 1. The summed E-state index contributed by atoms with van der Waals surface area (Å²) in [5.74, 6) is 1.44. The second kappa shape index (κ2) is 5.83. The number of carbonyl (C=O) groups is 1. The Balaban J connectivity index is 2.35. The maximum Gasteiger partial charge on any atom is 0.185 e. The zero-order valence-corrected chi connectivity index (χ0v) is 11.7. The molecule has 1 aromatic heterocycles. The summed E-state index contributed by atoms with van der Waals surface area (Å²) in [5, 5.41) is 0. The molecule has 2 rings (SSSR count). The fourth-order valence-electron chi connectivity index (χ4n) is 2.34. The van der Waals surface area contributed by atoms with Gasteiger partial charge in [0.2, 0.25) is 0 Å². The Labute approximate surface area is 114 Å². The van der Waals surface area contributed by atoms with E-state index >= 15 is 0 Å². The van der Waals surface area contributed by atoms with Crippen LogP contribution in [0.15, 0.2) is 42.7 Å². The molecule has 0 saturated carbocycles. The molecule has 0 aliphatic rings. The molecule has 19 heavy (non-hydrogen) atoms. The SMILES string of the molecule is CCC(C(=O)c1ccccc1)n1ccnc1C(C)C. The van der Waals surface area contributed by atoms with E-state index in [1.165, 1.54) is 0 Å². The molecular weight excluding hydrogens is 236 g/mol. The average molecular weight is 256 g/mol. The molecule has 1 atom stereocenters. The predicted molar refractivity (Wildman–Crippen MR) is 76.4 cm³/mol. The van der Waals surface area contributed by atoms with Crippen molar-refractivity contribution in [3.63, 3.8) is 0 Å². The Kier molecular flexibility index (Phi) is 4.15. The highest BCUT2D eigenvalue weighted by Gasteiger charge is 2.22. The number of benzene rings is 1. The molecule has 0 aliphatic heterocycles. The van der Waals surface area contributed by atoms with Crippen LogP contribution in [0.25, 0.3) is 0 Å². The monoisotopic (exact) mass is 256 g/mol. The number of rotatable bonds is 5. The van der Waals surface area contributed by atoms with Gasteiger partial charge in [0.05, 0.1) is 6.04 Å². The summed E-state index contributed by atoms with van der Waals surface area (Å²) in [7, 11) is 0. The summed E-state index contributed by atoms with van der Waals surface area (Å²) in [6.45, 7) is 6.23. The summed E-state index contributed by atoms with van der Waals surface area (Å²) in [4.78, 5) is 17.0. The lowest BCUT2D eigenvalue weighted by molar-refractivity contribution is 0.0920. The van der Waals surface area contributed by atoms with Crippen molar-refractivity contribution in [2.45, 2.75) is 39.2 Å². The molecule has 3 nitrogen and oxygen atoms in total. The number of nitrogens with zero attached hydrogens (tertiary/aromatic N) is 2. The third kappa shape index (κ3) is 2.75. The zero-order valence-electron chi connectivity index (χ0n) is 11.7. The minimum absolute atomic E-state index is 0.156. The van der Waals surface area contributed by atoms with Gasteiger partial charge in [0.1, 0.15) is 5.82 Å². The molecule has 2 aromatic rings. The van der Waals surface area contributed by atoms with E-state index in [2.05, 4.69) is 18.8 Å². The normalized spacial score (nSPS) is 12.6. The lowest BCUT2D eigenvalue weighted by atomic mass is 10.0. The first-order valence-corrected chi connectivity index (χ1v) is 6.77. The molecule has 0 aliphatic carbocycles. The maximum absolute atomic E-state index is 12.6. The lowest BCUT2D eigenvalue weighted by Crippen LogP contribution is -2.21. The van der Waals surface area contributed by atoms with Crippen molar-refractivity contribution in [1.29, 1.82) is 0 Å². The third-order valence-corrected chi connectivity index (χ3v) is 3.30. The number of imidazole rings is 1. The van der Waals surface area contributed by atoms with Crippen LogP contribution in [0, 0.1) is 0 Å². The van der Waals surface area contributed by atoms with E-state index in [1.807, 2.05) is 48.0 Å². The molecule has 0 N–H and O–H groups in total. The van der Waals surface area contributed by atoms with E-state index in [4.69, 9.17) is 0 Å². The van der Waals surface area contributed by atoms with Gasteiger partial charge < -0.3 is 4.57 Å². The van der Waals surface area contributed by atoms with Gasteiger partial charge in [0.25, 0.3) is 0 Å². The highest BCUT2D eigenvalue weighted by Crippen LogP contribution is 2.23. The Morgan fingerprint density at radius 2 is 1.95 bits per heavy atom. The number of aromatic nitrogens is 2. The van der Waals surface area contributed by atoms with Crippen molar-refractivity contribution < 1.29 is 4.79 Å². The van der Waals surface area contributed by atoms with Gasteiger partial charge in [-0.2, -0.15) is 0 Å². The Hall–Kier alpha value is -1.90. The first kappa shape index (κ1) is 13.5. The van der Waals surface area contributed by atoms with Crippen LogP contribution >= 0.6 is 0 Å². The molecule has 1 aromatic carbocycles. The van der Waals surface area contributed by atoms with Gasteiger partial charge in [0.15, 0.2) is 5.78 Å². The molecule has 3 heteroatoms. The van der Waals surface area contributed by atoms with Gasteiger partial charge in [-0.05, 0) is 6.42 Å². The molecular formula is C16H20N2O. The second-order valence-corrected chi connectivity index (χ2v) is 5.00. The fourth-order valence-corrected chi connectivity index (χ4v) is 2.34. The van der Waals surface area contributed by atoms with Gasteiger partial charge in [-0.25, -0.2) is 4.98 Å². The number of hydrogen-bond donors (Lipinski definition) is 0. The Morgan fingerprint density at radius 3 is 2.53 bits per heavy atom. The highest BCUT2D eigenvalue weighted by atomic mass is 16.1. The predicted octanol–water partition coefficient (Wildman–Crippen LogP) is 3.84. The standard InChI is InChI=1S/C16H20N2O/c1-4-14(15(19)13-8-6-5-7-9-13)18-11-10-17-16(18)12(2)3/h5-12,14H,4H2,1-3H3. The molecule has 0 radical (unpaired) electrons. The summed E-state index contributed by atoms with van der Waals surface area (Å²) in [6, 6.07) is 9.30. The first-order chi connectivity index (χ1) is 9.15. The van der Waals surface area contributed by atoms with Crippen LogP contribution in [-0.4, -0.2) is 15.3 Å². The van der Waals surface area contributed by atoms with Gasteiger partial charge in [0, 0.05) is 23.9 Å². The van der Waals surface area contributed by atoms with E-state index in [1.54, 1.807) is 6.20 Å². The van der Waals surface area contributed by atoms with Crippen molar-refractivity contribution in [2.24, 2.45) is 0 Å². The highest BCUT2D eigenvalue weighted by molar-refractivity contribution is 5.99. The number of hydrogen-bond acceptors (Lipinski definition) is 2. The smallest absolute Gasteiger partial charge is 0.185 e. The van der Waals surface area contributed by atoms with Crippen molar-refractivity contribution in [3.8, 4) is 0 Å². The minimum Gasteiger partial charge on any atom is -0.324 e. The summed E-state index contributed by atoms with van der Waals surface area (Å²) >= 11 is 0. The average Bonchev–Trinajstić information content (AvgIpc) is 2.90. The summed E-state index contributed by atoms with van der Waals surface area (Å²) in [5.41, 5.74) is 0.762.